The van der Waals surface area contributed by atoms with E-state index in [9.17, 15) is 0 Å². The number of H-pyrrole nitrogens is 1. The molecule has 4 nitrogen and oxygen atoms in total. The summed E-state index contributed by atoms with van der Waals surface area (Å²) in [5.41, 5.74) is 2.68. The van der Waals surface area contributed by atoms with Gasteiger partial charge in [-0.2, -0.15) is 10.4 Å². The zero-order valence-electron chi connectivity index (χ0n) is 10.0. The highest BCUT2D eigenvalue weighted by atomic mass is 15.3. The first kappa shape index (κ1) is 10.4. The molecular formula is C13H16N4. The summed E-state index contributed by atoms with van der Waals surface area (Å²) in [4.78, 5) is 3.39. The maximum atomic E-state index is 8.95. The molecule has 2 aromatic heterocycles. The molecule has 1 aliphatic carbocycles. The third kappa shape index (κ3) is 1.62. The van der Waals surface area contributed by atoms with E-state index in [4.69, 9.17) is 5.26 Å². The fourth-order valence-corrected chi connectivity index (χ4v) is 2.75. The molecule has 1 N–H and O–H groups in total. The molecule has 0 saturated heterocycles. The summed E-state index contributed by atoms with van der Waals surface area (Å²) >= 11 is 0. The monoisotopic (exact) mass is 228 g/mol. The van der Waals surface area contributed by atoms with E-state index >= 15 is 0 Å². The zero-order valence-corrected chi connectivity index (χ0v) is 10.0. The van der Waals surface area contributed by atoms with Crippen molar-refractivity contribution in [1.82, 2.24) is 14.6 Å². The van der Waals surface area contributed by atoms with Gasteiger partial charge in [-0.05, 0) is 19.8 Å². The molecule has 0 radical (unpaired) electrons. The van der Waals surface area contributed by atoms with E-state index in [2.05, 4.69) is 16.2 Å². The van der Waals surface area contributed by atoms with Gasteiger partial charge in [-0.15, -0.1) is 0 Å². The van der Waals surface area contributed by atoms with Crippen molar-refractivity contribution in [3.05, 3.63) is 23.1 Å². The van der Waals surface area contributed by atoms with Crippen molar-refractivity contribution >= 4 is 5.65 Å². The zero-order chi connectivity index (χ0) is 11.8. The van der Waals surface area contributed by atoms with E-state index in [0.717, 1.165) is 17.0 Å². The molecule has 2 aromatic rings. The Hall–Kier alpha value is -1.76. The number of aromatic nitrogens is 3. The molecule has 0 bridgehead atoms. The SMILES string of the molecule is Cc1c(C#N)cn2nc(C3CCCCC3)[nH]c12. The number of rotatable bonds is 1. The second kappa shape index (κ2) is 3.92. The van der Waals surface area contributed by atoms with Crippen molar-refractivity contribution in [3.63, 3.8) is 0 Å². The number of aromatic amines is 1. The van der Waals surface area contributed by atoms with Crippen LogP contribution in [0, 0.1) is 18.3 Å². The van der Waals surface area contributed by atoms with Gasteiger partial charge in [-0.3, -0.25) is 0 Å². The van der Waals surface area contributed by atoms with Crippen molar-refractivity contribution in [2.24, 2.45) is 0 Å². The average Bonchev–Trinajstić information content (AvgIpc) is 2.90. The van der Waals surface area contributed by atoms with Crippen LogP contribution in [-0.2, 0) is 0 Å². The minimum Gasteiger partial charge on any atom is -0.326 e. The van der Waals surface area contributed by atoms with Crippen LogP contribution >= 0.6 is 0 Å². The minimum atomic E-state index is 0.577. The fraction of sp³-hybridized carbons (Fsp3) is 0.538. The second-order valence-corrected chi connectivity index (χ2v) is 4.92. The van der Waals surface area contributed by atoms with Gasteiger partial charge in [0.05, 0.1) is 5.56 Å². The van der Waals surface area contributed by atoms with Crippen molar-refractivity contribution in [2.45, 2.75) is 44.9 Å². The molecule has 0 aliphatic heterocycles. The van der Waals surface area contributed by atoms with Crippen molar-refractivity contribution < 1.29 is 0 Å². The average molecular weight is 228 g/mol. The van der Waals surface area contributed by atoms with Gasteiger partial charge in [-0.1, -0.05) is 19.3 Å². The molecule has 0 unspecified atom stereocenters. The molecule has 88 valence electrons. The van der Waals surface area contributed by atoms with Crippen LogP contribution < -0.4 is 0 Å². The van der Waals surface area contributed by atoms with Gasteiger partial charge in [0, 0.05) is 17.7 Å². The molecule has 3 rings (SSSR count). The molecule has 1 aliphatic rings. The lowest BCUT2D eigenvalue weighted by Crippen LogP contribution is -2.06. The number of nitrogens with one attached hydrogen (secondary N) is 1. The van der Waals surface area contributed by atoms with E-state index in [-0.39, 0.29) is 0 Å². The Bertz CT molecular complexity index is 578. The van der Waals surface area contributed by atoms with Crippen LogP contribution in [0.5, 0.6) is 0 Å². The van der Waals surface area contributed by atoms with Crippen LogP contribution in [0.1, 0.15) is 55.0 Å². The van der Waals surface area contributed by atoms with Crippen LogP contribution in [0.3, 0.4) is 0 Å². The van der Waals surface area contributed by atoms with E-state index in [1.54, 1.807) is 0 Å². The summed E-state index contributed by atoms with van der Waals surface area (Å²) in [7, 11) is 0. The van der Waals surface area contributed by atoms with Gasteiger partial charge in [0.1, 0.15) is 17.5 Å². The lowest BCUT2D eigenvalue weighted by atomic mass is 9.89. The Labute approximate surface area is 100 Å². The summed E-state index contributed by atoms with van der Waals surface area (Å²) in [5.74, 6) is 1.67. The molecular weight excluding hydrogens is 212 g/mol. The highest BCUT2D eigenvalue weighted by Crippen LogP contribution is 2.31. The lowest BCUT2D eigenvalue weighted by Gasteiger charge is -2.18. The maximum absolute atomic E-state index is 8.95. The summed E-state index contributed by atoms with van der Waals surface area (Å²) in [6.45, 7) is 1.97. The third-order valence-electron chi connectivity index (χ3n) is 3.81. The predicted octanol–water partition coefficient (Wildman–Crippen LogP) is 2.89. The first-order valence-corrected chi connectivity index (χ1v) is 6.27. The topological polar surface area (TPSA) is 56.9 Å². The van der Waals surface area contributed by atoms with Crippen LogP contribution in [0.2, 0.25) is 0 Å². The maximum Gasteiger partial charge on any atom is 0.137 e. The fourth-order valence-electron chi connectivity index (χ4n) is 2.75. The Morgan fingerprint density at radius 1 is 1.41 bits per heavy atom. The van der Waals surface area contributed by atoms with Crippen molar-refractivity contribution in [1.29, 1.82) is 5.26 Å². The molecule has 0 spiro atoms. The minimum absolute atomic E-state index is 0.577. The quantitative estimate of drug-likeness (QED) is 0.815. The number of hydrogen-bond acceptors (Lipinski definition) is 2. The van der Waals surface area contributed by atoms with Gasteiger partial charge in [0.2, 0.25) is 0 Å². The number of aryl methyl sites for hydroxylation is 1. The standard InChI is InChI=1S/C13H16N4/c1-9-11(7-14)8-17-13(9)15-12(16-17)10-5-3-2-4-6-10/h8,10H,2-6H2,1H3,(H,15,16). The highest BCUT2D eigenvalue weighted by molar-refractivity contribution is 5.56. The summed E-state index contributed by atoms with van der Waals surface area (Å²) in [6.07, 6.45) is 8.26. The third-order valence-corrected chi connectivity index (χ3v) is 3.81. The van der Waals surface area contributed by atoms with Gasteiger partial charge in [-0.25, -0.2) is 4.52 Å². The molecule has 0 atom stereocenters. The van der Waals surface area contributed by atoms with Crippen molar-refractivity contribution in [3.8, 4) is 6.07 Å². The summed E-state index contributed by atoms with van der Waals surface area (Å²) < 4.78 is 1.82. The highest BCUT2D eigenvalue weighted by Gasteiger charge is 2.20. The number of hydrogen-bond donors (Lipinski definition) is 1. The first-order chi connectivity index (χ1) is 8.29. The van der Waals surface area contributed by atoms with Crippen LogP contribution in [0.4, 0.5) is 0 Å². The number of fused-ring (bicyclic) bond motifs is 1. The van der Waals surface area contributed by atoms with Gasteiger partial charge < -0.3 is 4.98 Å². The molecule has 4 heteroatoms. The van der Waals surface area contributed by atoms with E-state index in [0.29, 0.717) is 11.5 Å². The van der Waals surface area contributed by atoms with Crippen LogP contribution in [0.15, 0.2) is 6.20 Å². The van der Waals surface area contributed by atoms with Crippen LogP contribution in [-0.4, -0.2) is 14.6 Å². The van der Waals surface area contributed by atoms with Gasteiger partial charge >= 0.3 is 0 Å². The molecule has 0 aromatic carbocycles. The molecule has 0 amide bonds. The van der Waals surface area contributed by atoms with Gasteiger partial charge in [0.15, 0.2) is 0 Å². The Morgan fingerprint density at radius 3 is 2.82 bits per heavy atom. The number of nitrogens with zero attached hydrogens (tertiary/aromatic N) is 3. The van der Waals surface area contributed by atoms with E-state index in [1.807, 2.05) is 17.6 Å². The number of nitriles is 1. The first-order valence-electron chi connectivity index (χ1n) is 6.27. The predicted molar refractivity (Wildman–Crippen MR) is 64.8 cm³/mol. The normalized spacial score (nSPS) is 17.4. The van der Waals surface area contributed by atoms with E-state index in [1.165, 1.54) is 32.1 Å². The van der Waals surface area contributed by atoms with Crippen LogP contribution in [0.25, 0.3) is 5.65 Å². The van der Waals surface area contributed by atoms with E-state index < -0.39 is 0 Å². The largest absolute Gasteiger partial charge is 0.326 e. The summed E-state index contributed by atoms with van der Waals surface area (Å²) in [5, 5.41) is 13.5. The Kier molecular flexibility index (Phi) is 2.40. The second-order valence-electron chi connectivity index (χ2n) is 4.92. The molecule has 1 fully saturated rings. The summed E-state index contributed by atoms with van der Waals surface area (Å²) in [6, 6.07) is 2.19. The van der Waals surface area contributed by atoms with Crippen molar-refractivity contribution in [2.75, 3.05) is 0 Å². The van der Waals surface area contributed by atoms with Gasteiger partial charge in [0.25, 0.3) is 0 Å². The Balaban J connectivity index is 2.00. The molecule has 2 heterocycles. The lowest BCUT2D eigenvalue weighted by molar-refractivity contribution is 0.429. The smallest absolute Gasteiger partial charge is 0.137 e. The molecule has 1 saturated carbocycles. The Morgan fingerprint density at radius 2 is 2.18 bits per heavy atom. The molecule has 17 heavy (non-hydrogen) atoms.